The predicted molar refractivity (Wildman–Crippen MR) is 111 cm³/mol. The Labute approximate surface area is 170 Å². The molecule has 1 aromatic carbocycles. The summed E-state index contributed by atoms with van der Waals surface area (Å²) in [7, 11) is 3.61. The first kappa shape index (κ1) is 21.7. The first-order valence-corrected chi connectivity index (χ1v) is 8.08. The van der Waals surface area contributed by atoms with E-state index in [0.717, 1.165) is 11.3 Å². The van der Waals surface area contributed by atoms with Crippen molar-refractivity contribution in [1.29, 1.82) is 0 Å². The van der Waals surface area contributed by atoms with E-state index in [1.54, 1.807) is 19.3 Å². The Morgan fingerprint density at radius 2 is 2.04 bits per heavy atom. The summed E-state index contributed by atoms with van der Waals surface area (Å²) in [4.78, 5) is 4.22. The molecule has 0 fully saturated rings. The van der Waals surface area contributed by atoms with Gasteiger partial charge in [0.05, 0.1) is 12.2 Å². The molecule has 25 heavy (non-hydrogen) atoms. The number of aliphatic imine (C=N–C) groups is 1. The van der Waals surface area contributed by atoms with Crippen LogP contribution in [0.1, 0.15) is 25.1 Å². The second-order valence-electron chi connectivity index (χ2n) is 6.23. The highest BCUT2D eigenvalue weighted by atomic mass is 127. The number of nitrogens with zero attached hydrogens (tertiary/aromatic N) is 3. The van der Waals surface area contributed by atoms with Gasteiger partial charge in [-0.05, 0) is 23.8 Å². The number of rotatable bonds is 5. The van der Waals surface area contributed by atoms with Gasteiger partial charge < -0.3 is 10.6 Å². The molecule has 1 heterocycles. The van der Waals surface area contributed by atoms with Gasteiger partial charge in [0.25, 0.3) is 0 Å². The summed E-state index contributed by atoms with van der Waals surface area (Å²) in [6.45, 7) is 5.32. The zero-order valence-electron chi connectivity index (χ0n) is 14.8. The fourth-order valence-corrected chi connectivity index (χ4v) is 2.83. The normalized spacial score (nSPS) is 11.8. The van der Waals surface area contributed by atoms with Gasteiger partial charge in [-0.2, -0.15) is 5.10 Å². The van der Waals surface area contributed by atoms with Crippen molar-refractivity contribution in [1.82, 2.24) is 20.4 Å². The van der Waals surface area contributed by atoms with Crippen molar-refractivity contribution in [2.75, 3.05) is 13.6 Å². The van der Waals surface area contributed by atoms with E-state index in [0.29, 0.717) is 24.1 Å². The lowest BCUT2D eigenvalue weighted by Gasteiger charge is -2.27. The third-order valence-electron chi connectivity index (χ3n) is 3.94. The molecule has 0 aliphatic heterocycles. The summed E-state index contributed by atoms with van der Waals surface area (Å²) in [5, 5.41) is 11.1. The van der Waals surface area contributed by atoms with Crippen molar-refractivity contribution in [3.05, 3.63) is 52.6 Å². The number of benzene rings is 1. The molecular formula is C17H24ClFIN5. The van der Waals surface area contributed by atoms with Crippen LogP contribution in [0.25, 0.3) is 0 Å². The van der Waals surface area contributed by atoms with Gasteiger partial charge in [0.15, 0.2) is 5.96 Å². The minimum Gasteiger partial charge on any atom is -0.356 e. The Bertz CT molecular complexity index is 730. The second kappa shape index (κ2) is 9.38. The third kappa shape index (κ3) is 5.85. The lowest BCUT2D eigenvalue weighted by molar-refractivity contribution is 0.506. The molecule has 0 spiro atoms. The number of hydrogen-bond acceptors (Lipinski definition) is 2. The highest BCUT2D eigenvalue weighted by Crippen LogP contribution is 2.29. The third-order valence-corrected chi connectivity index (χ3v) is 4.25. The fraction of sp³-hybridized carbons (Fsp3) is 0.412. The highest BCUT2D eigenvalue weighted by Gasteiger charge is 2.24. The number of halogens is 3. The first-order chi connectivity index (χ1) is 11.3. The summed E-state index contributed by atoms with van der Waals surface area (Å²) in [6, 6.07) is 6.44. The Morgan fingerprint density at radius 1 is 1.32 bits per heavy atom. The zero-order chi connectivity index (χ0) is 17.7. The average Bonchev–Trinajstić information content (AvgIpc) is 2.92. The van der Waals surface area contributed by atoms with Gasteiger partial charge in [0, 0.05) is 37.3 Å². The summed E-state index contributed by atoms with van der Waals surface area (Å²) >= 11 is 6.19. The standard InChI is InChI=1S/C17H23ClFN5.HI/c1-17(2,14-6-5-12(19)9-15(14)18)11-22-16(20-3)21-10-13-7-8-23-24(13)4;/h5-9H,10-11H2,1-4H3,(H2,20,21,22);1H. The Balaban J connectivity index is 0.00000312. The van der Waals surface area contributed by atoms with E-state index in [4.69, 9.17) is 11.6 Å². The van der Waals surface area contributed by atoms with Crippen LogP contribution in [0, 0.1) is 5.82 Å². The van der Waals surface area contributed by atoms with Crippen molar-refractivity contribution in [3.63, 3.8) is 0 Å². The van der Waals surface area contributed by atoms with Crippen LogP contribution in [0.15, 0.2) is 35.5 Å². The van der Waals surface area contributed by atoms with E-state index in [2.05, 4.69) is 20.7 Å². The molecule has 0 radical (unpaired) electrons. The second-order valence-corrected chi connectivity index (χ2v) is 6.64. The molecule has 0 aliphatic rings. The number of hydrogen-bond donors (Lipinski definition) is 2. The largest absolute Gasteiger partial charge is 0.356 e. The topological polar surface area (TPSA) is 54.2 Å². The number of guanidine groups is 1. The number of aryl methyl sites for hydroxylation is 1. The average molecular weight is 480 g/mol. The molecule has 0 saturated heterocycles. The molecule has 2 aromatic rings. The molecule has 2 N–H and O–H groups in total. The van der Waals surface area contributed by atoms with Gasteiger partial charge in [0.1, 0.15) is 5.82 Å². The number of aromatic nitrogens is 2. The van der Waals surface area contributed by atoms with Crippen LogP contribution < -0.4 is 10.6 Å². The molecule has 0 bridgehead atoms. The van der Waals surface area contributed by atoms with E-state index in [-0.39, 0.29) is 35.2 Å². The molecule has 5 nitrogen and oxygen atoms in total. The molecule has 0 atom stereocenters. The van der Waals surface area contributed by atoms with Crippen molar-refractivity contribution >= 4 is 41.5 Å². The highest BCUT2D eigenvalue weighted by molar-refractivity contribution is 14.0. The minimum absolute atomic E-state index is 0. The quantitative estimate of drug-likeness (QED) is 0.392. The van der Waals surface area contributed by atoms with Crippen molar-refractivity contribution in [3.8, 4) is 0 Å². The Hall–Kier alpha value is -1.35. The van der Waals surface area contributed by atoms with Gasteiger partial charge in [-0.15, -0.1) is 24.0 Å². The van der Waals surface area contributed by atoms with Crippen LogP contribution in [0.4, 0.5) is 4.39 Å². The van der Waals surface area contributed by atoms with E-state index >= 15 is 0 Å². The lowest BCUT2D eigenvalue weighted by atomic mass is 9.84. The summed E-state index contributed by atoms with van der Waals surface area (Å²) < 4.78 is 15.0. The van der Waals surface area contributed by atoms with Gasteiger partial charge in [-0.3, -0.25) is 9.67 Å². The summed E-state index contributed by atoms with van der Waals surface area (Å²) in [5.74, 6) is 0.351. The maximum absolute atomic E-state index is 13.2. The smallest absolute Gasteiger partial charge is 0.191 e. The SMILES string of the molecule is CN=C(NCc1ccnn1C)NCC(C)(C)c1ccc(F)cc1Cl.I. The molecular weight excluding hydrogens is 456 g/mol. The van der Waals surface area contributed by atoms with Gasteiger partial charge >= 0.3 is 0 Å². The van der Waals surface area contributed by atoms with Gasteiger partial charge in [-0.25, -0.2) is 4.39 Å². The molecule has 0 amide bonds. The molecule has 2 rings (SSSR count). The summed E-state index contributed by atoms with van der Waals surface area (Å²) in [6.07, 6.45) is 1.76. The molecule has 138 valence electrons. The van der Waals surface area contributed by atoms with E-state index in [9.17, 15) is 4.39 Å². The maximum Gasteiger partial charge on any atom is 0.191 e. The van der Waals surface area contributed by atoms with Gasteiger partial charge in [-0.1, -0.05) is 31.5 Å². The molecule has 8 heteroatoms. The summed E-state index contributed by atoms with van der Waals surface area (Å²) in [5.41, 5.74) is 1.66. The fourth-order valence-electron chi connectivity index (χ4n) is 2.41. The Morgan fingerprint density at radius 3 is 2.60 bits per heavy atom. The van der Waals surface area contributed by atoms with E-state index in [1.165, 1.54) is 12.1 Å². The van der Waals surface area contributed by atoms with Crippen molar-refractivity contribution < 1.29 is 4.39 Å². The van der Waals surface area contributed by atoms with Crippen molar-refractivity contribution in [2.45, 2.75) is 25.8 Å². The van der Waals surface area contributed by atoms with E-state index in [1.807, 2.05) is 31.6 Å². The van der Waals surface area contributed by atoms with E-state index < -0.39 is 0 Å². The van der Waals surface area contributed by atoms with Crippen molar-refractivity contribution in [2.24, 2.45) is 12.0 Å². The maximum atomic E-state index is 13.2. The monoisotopic (exact) mass is 479 g/mol. The predicted octanol–water partition coefficient (Wildman–Crippen LogP) is 3.47. The first-order valence-electron chi connectivity index (χ1n) is 7.70. The van der Waals surface area contributed by atoms with Crippen LogP contribution >= 0.6 is 35.6 Å². The van der Waals surface area contributed by atoms with Crippen LogP contribution in [0.2, 0.25) is 5.02 Å². The molecule has 0 saturated carbocycles. The van der Waals surface area contributed by atoms with Crippen LogP contribution in [0.3, 0.4) is 0 Å². The number of nitrogens with one attached hydrogen (secondary N) is 2. The minimum atomic E-state index is -0.332. The molecule has 1 aromatic heterocycles. The van der Waals surface area contributed by atoms with Crippen LogP contribution in [-0.4, -0.2) is 29.3 Å². The zero-order valence-corrected chi connectivity index (χ0v) is 17.9. The Kier molecular flexibility index (Phi) is 8.14. The van der Waals surface area contributed by atoms with Gasteiger partial charge in [0.2, 0.25) is 0 Å². The molecule has 0 aliphatic carbocycles. The van der Waals surface area contributed by atoms with Crippen LogP contribution in [0.5, 0.6) is 0 Å². The lowest BCUT2D eigenvalue weighted by Crippen LogP contribution is -2.43. The van der Waals surface area contributed by atoms with Crippen LogP contribution in [-0.2, 0) is 19.0 Å². The molecule has 0 unspecified atom stereocenters.